The molecule has 2 atom stereocenters. The molecule has 1 saturated heterocycles. The van der Waals surface area contributed by atoms with Gasteiger partial charge in [-0.25, -0.2) is 0 Å². The lowest BCUT2D eigenvalue weighted by Crippen LogP contribution is -2.35. The number of ether oxygens (including phenoxy) is 1. The highest BCUT2D eigenvalue weighted by Crippen LogP contribution is 2.36. The molecule has 0 amide bonds. The van der Waals surface area contributed by atoms with Crippen LogP contribution < -0.4 is 0 Å². The van der Waals surface area contributed by atoms with E-state index in [1.165, 1.54) is 5.56 Å². The van der Waals surface area contributed by atoms with Crippen molar-refractivity contribution in [2.75, 3.05) is 6.61 Å². The van der Waals surface area contributed by atoms with Gasteiger partial charge in [-0.3, -0.25) is 0 Å². The molecule has 0 N–H and O–H groups in total. The molecule has 76 valence electrons. The molecule has 1 aliphatic heterocycles. The summed E-state index contributed by atoms with van der Waals surface area (Å²) in [6.45, 7) is 2.89. The van der Waals surface area contributed by atoms with Gasteiger partial charge in [0.05, 0.1) is 5.60 Å². The lowest BCUT2D eigenvalue weighted by Gasteiger charge is -2.36. The van der Waals surface area contributed by atoms with Crippen LogP contribution in [-0.2, 0) is 10.3 Å². The Kier molecular flexibility index (Phi) is 2.80. The van der Waals surface area contributed by atoms with Crippen LogP contribution in [-0.4, -0.2) is 12.0 Å². The molecule has 0 bridgehead atoms. The van der Waals surface area contributed by atoms with E-state index in [0.717, 1.165) is 19.4 Å². The Morgan fingerprint density at radius 1 is 1.36 bits per heavy atom. The smallest absolute Gasteiger partial charge is 0.0917 e. The standard InChI is InChI=1S/C12H15ClO/c1-12(9-11(13)7-8-14-12)10-5-3-2-4-6-10/h2-6,11H,7-9H2,1H3. The van der Waals surface area contributed by atoms with Gasteiger partial charge in [0.2, 0.25) is 0 Å². The molecule has 0 aliphatic carbocycles. The zero-order valence-electron chi connectivity index (χ0n) is 8.37. The van der Waals surface area contributed by atoms with Crippen LogP contribution in [0.2, 0.25) is 0 Å². The summed E-state index contributed by atoms with van der Waals surface area (Å²) < 4.78 is 5.84. The summed E-state index contributed by atoms with van der Waals surface area (Å²) in [6.07, 6.45) is 1.86. The van der Waals surface area contributed by atoms with Gasteiger partial charge in [-0.1, -0.05) is 30.3 Å². The number of alkyl halides is 1. The zero-order chi connectivity index (χ0) is 10.0. The van der Waals surface area contributed by atoms with Crippen molar-refractivity contribution in [3.63, 3.8) is 0 Å². The van der Waals surface area contributed by atoms with Crippen LogP contribution in [0.3, 0.4) is 0 Å². The van der Waals surface area contributed by atoms with Crippen molar-refractivity contribution < 1.29 is 4.74 Å². The number of benzene rings is 1. The number of rotatable bonds is 1. The van der Waals surface area contributed by atoms with Gasteiger partial charge in [0.1, 0.15) is 0 Å². The molecule has 1 aromatic rings. The maximum Gasteiger partial charge on any atom is 0.0917 e. The molecule has 2 rings (SSSR count). The summed E-state index contributed by atoms with van der Waals surface area (Å²) in [5, 5.41) is 0.244. The van der Waals surface area contributed by atoms with Crippen molar-refractivity contribution in [3.05, 3.63) is 35.9 Å². The third-order valence-electron chi connectivity index (χ3n) is 2.85. The Balaban J connectivity index is 2.23. The van der Waals surface area contributed by atoms with E-state index >= 15 is 0 Å². The molecular formula is C12H15ClO. The maximum atomic E-state index is 6.17. The van der Waals surface area contributed by atoms with E-state index in [1.807, 2.05) is 18.2 Å². The minimum absolute atomic E-state index is 0.189. The molecule has 0 radical (unpaired) electrons. The van der Waals surface area contributed by atoms with Gasteiger partial charge in [-0.05, 0) is 25.3 Å². The highest BCUT2D eigenvalue weighted by Gasteiger charge is 2.33. The lowest BCUT2D eigenvalue weighted by atomic mass is 9.88. The van der Waals surface area contributed by atoms with Crippen molar-refractivity contribution in [2.24, 2.45) is 0 Å². The normalized spacial score (nSPS) is 32.9. The molecule has 1 nitrogen and oxygen atoms in total. The van der Waals surface area contributed by atoms with E-state index in [0.29, 0.717) is 0 Å². The second-order valence-corrected chi connectivity index (χ2v) is 4.65. The van der Waals surface area contributed by atoms with Gasteiger partial charge < -0.3 is 4.74 Å². The van der Waals surface area contributed by atoms with Crippen LogP contribution in [0.25, 0.3) is 0 Å². The first-order chi connectivity index (χ1) is 6.71. The maximum absolute atomic E-state index is 6.17. The van der Waals surface area contributed by atoms with Gasteiger partial charge in [0.25, 0.3) is 0 Å². The fourth-order valence-electron chi connectivity index (χ4n) is 1.99. The summed E-state index contributed by atoms with van der Waals surface area (Å²) in [5.74, 6) is 0. The Bertz CT molecular complexity index is 298. The Morgan fingerprint density at radius 2 is 2.07 bits per heavy atom. The van der Waals surface area contributed by atoms with Gasteiger partial charge >= 0.3 is 0 Å². The summed E-state index contributed by atoms with van der Waals surface area (Å²) in [5.41, 5.74) is 1.04. The molecule has 1 aliphatic rings. The first-order valence-corrected chi connectivity index (χ1v) is 5.48. The van der Waals surface area contributed by atoms with Crippen LogP contribution in [0.15, 0.2) is 30.3 Å². The van der Waals surface area contributed by atoms with E-state index in [-0.39, 0.29) is 11.0 Å². The predicted octanol–water partition coefficient (Wildman–Crippen LogP) is 3.32. The van der Waals surface area contributed by atoms with Crippen molar-refractivity contribution in [1.29, 1.82) is 0 Å². The van der Waals surface area contributed by atoms with Crippen molar-refractivity contribution >= 4 is 11.6 Å². The van der Waals surface area contributed by atoms with Crippen LogP contribution >= 0.6 is 11.6 Å². The fraction of sp³-hybridized carbons (Fsp3) is 0.500. The minimum atomic E-state index is -0.189. The Morgan fingerprint density at radius 3 is 2.71 bits per heavy atom. The second-order valence-electron chi connectivity index (χ2n) is 4.04. The summed E-state index contributed by atoms with van der Waals surface area (Å²) in [4.78, 5) is 0. The fourth-order valence-corrected chi connectivity index (χ4v) is 2.37. The molecule has 14 heavy (non-hydrogen) atoms. The highest BCUT2D eigenvalue weighted by atomic mass is 35.5. The average Bonchev–Trinajstić information content (AvgIpc) is 2.19. The highest BCUT2D eigenvalue weighted by molar-refractivity contribution is 6.20. The SMILES string of the molecule is CC1(c2ccccc2)CC(Cl)CCO1. The molecular weight excluding hydrogens is 196 g/mol. The summed E-state index contributed by atoms with van der Waals surface area (Å²) >= 11 is 6.17. The Hall–Kier alpha value is -0.530. The second kappa shape index (κ2) is 3.92. The largest absolute Gasteiger partial charge is 0.370 e. The van der Waals surface area contributed by atoms with Crippen LogP contribution in [0, 0.1) is 0 Å². The van der Waals surface area contributed by atoms with E-state index in [2.05, 4.69) is 19.1 Å². The molecule has 0 saturated carbocycles. The molecule has 1 fully saturated rings. The molecule has 2 heteroatoms. The van der Waals surface area contributed by atoms with Gasteiger partial charge in [0.15, 0.2) is 0 Å². The van der Waals surface area contributed by atoms with Gasteiger partial charge in [-0.2, -0.15) is 0 Å². The third-order valence-corrected chi connectivity index (χ3v) is 3.22. The average molecular weight is 211 g/mol. The Labute approximate surface area is 90.0 Å². The quantitative estimate of drug-likeness (QED) is 0.647. The van der Waals surface area contributed by atoms with Gasteiger partial charge in [-0.15, -0.1) is 11.6 Å². The molecule has 1 aromatic carbocycles. The topological polar surface area (TPSA) is 9.23 Å². The van der Waals surface area contributed by atoms with E-state index < -0.39 is 0 Å². The van der Waals surface area contributed by atoms with E-state index in [4.69, 9.17) is 16.3 Å². The summed E-state index contributed by atoms with van der Waals surface area (Å²) in [6, 6.07) is 10.3. The molecule has 0 spiro atoms. The number of hydrogen-bond donors (Lipinski definition) is 0. The number of halogens is 1. The molecule has 2 unspecified atom stereocenters. The lowest BCUT2D eigenvalue weighted by molar-refractivity contribution is -0.0683. The number of hydrogen-bond acceptors (Lipinski definition) is 1. The molecule has 0 aromatic heterocycles. The van der Waals surface area contributed by atoms with E-state index in [9.17, 15) is 0 Å². The van der Waals surface area contributed by atoms with Crippen LogP contribution in [0.1, 0.15) is 25.3 Å². The zero-order valence-corrected chi connectivity index (χ0v) is 9.13. The van der Waals surface area contributed by atoms with Crippen molar-refractivity contribution in [3.8, 4) is 0 Å². The minimum Gasteiger partial charge on any atom is -0.370 e. The van der Waals surface area contributed by atoms with Gasteiger partial charge in [0, 0.05) is 12.0 Å². The first kappa shape index (κ1) is 10.0. The van der Waals surface area contributed by atoms with Crippen molar-refractivity contribution in [1.82, 2.24) is 0 Å². The summed E-state index contributed by atoms with van der Waals surface area (Å²) in [7, 11) is 0. The predicted molar refractivity (Wildman–Crippen MR) is 58.6 cm³/mol. The van der Waals surface area contributed by atoms with Crippen LogP contribution in [0.5, 0.6) is 0 Å². The van der Waals surface area contributed by atoms with Crippen molar-refractivity contribution in [2.45, 2.75) is 30.7 Å². The third kappa shape index (κ3) is 1.94. The van der Waals surface area contributed by atoms with E-state index in [1.54, 1.807) is 0 Å². The molecule has 1 heterocycles. The first-order valence-electron chi connectivity index (χ1n) is 5.04. The monoisotopic (exact) mass is 210 g/mol. The van der Waals surface area contributed by atoms with Crippen LogP contribution in [0.4, 0.5) is 0 Å².